The fourth-order valence-electron chi connectivity index (χ4n) is 0.470. The van der Waals surface area contributed by atoms with Gasteiger partial charge in [-0.15, -0.1) is 0 Å². The molecule has 0 aromatic heterocycles. The highest BCUT2D eigenvalue weighted by atomic mass is 32.2. The normalized spacial score (nSPS) is 13.9. The van der Waals surface area contributed by atoms with E-state index < -0.39 is 0 Å². The maximum Gasteiger partial charge on any atom is 0.0591 e. The summed E-state index contributed by atoms with van der Waals surface area (Å²) < 4.78 is 7.88. The third-order valence-corrected chi connectivity index (χ3v) is 1.49. The summed E-state index contributed by atoms with van der Waals surface area (Å²) in [6.45, 7) is 2.93. The highest BCUT2D eigenvalue weighted by Gasteiger charge is 1.96. The van der Waals surface area contributed by atoms with Crippen molar-refractivity contribution < 1.29 is 4.74 Å². The van der Waals surface area contributed by atoms with Gasteiger partial charge in [-0.1, -0.05) is 11.9 Å². The van der Waals surface area contributed by atoms with E-state index in [1.165, 1.54) is 0 Å². The molecule has 0 heterocycles. The highest BCUT2D eigenvalue weighted by Crippen LogP contribution is 2.02. The first-order chi connectivity index (χ1) is 3.81. The Bertz CT molecular complexity index is 45.7. The summed E-state index contributed by atoms with van der Waals surface area (Å²) in [5, 5.41) is 0.546. The fourth-order valence-corrected chi connectivity index (χ4v) is 1.08. The molecule has 0 saturated carbocycles. The van der Waals surface area contributed by atoms with Gasteiger partial charge in [0.05, 0.1) is 6.61 Å². The van der Waals surface area contributed by atoms with Crippen LogP contribution in [0.4, 0.5) is 0 Å². The summed E-state index contributed by atoms with van der Waals surface area (Å²) in [5.41, 5.74) is 0. The number of rotatable bonds is 4. The van der Waals surface area contributed by atoms with Crippen molar-refractivity contribution in [1.29, 1.82) is 0 Å². The lowest BCUT2D eigenvalue weighted by atomic mass is 10.5. The number of nitrogens with one attached hydrogen (secondary N) is 1. The van der Waals surface area contributed by atoms with Crippen molar-refractivity contribution in [1.82, 2.24) is 4.72 Å². The number of hydrogen-bond donors (Lipinski definition) is 1. The third-order valence-electron chi connectivity index (χ3n) is 0.720. The van der Waals surface area contributed by atoms with Gasteiger partial charge < -0.3 is 4.74 Å². The highest BCUT2D eigenvalue weighted by molar-refractivity contribution is 7.98. The van der Waals surface area contributed by atoms with Gasteiger partial charge in [0.15, 0.2) is 0 Å². The van der Waals surface area contributed by atoms with Gasteiger partial charge in [-0.3, -0.25) is 4.72 Å². The molecule has 8 heavy (non-hydrogen) atoms. The first kappa shape index (κ1) is 8.27. The monoisotopic (exact) mass is 135 g/mol. The third kappa shape index (κ3) is 4.43. The van der Waals surface area contributed by atoms with Crippen LogP contribution in [0, 0.1) is 0 Å². The summed E-state index contributed by atoms with van der Waals surface area (Å²) in [6, 6.07) is 0. The maximum atomic E-state index is 4.90. The van der Waals surface area contributed by atoms with E-state index in [0.717, 1.165) is 6.61 Å². The van der Waals surface area contributed by atoms with Crippen LogP contribution in [-0.4, -0.2) is 26.0 Å². The van der Waals surface area contributed by atoms with Crippen LogP contribution in [0.3, 0.4) is 0 Å². The lowest BCUT2D eigenvalue weighted by Crippen LogP contribution is -2.10. The van der Waals surface area contributed by atoms with Gasteiger partial charge in [-0.25, -0.2) is 0 Å². The van der Waals surface area contributed by atoms with Crippen molar-refractivity contribution in [3.63, 3.8) is 0 Å². The lowest BCUT2D eigenvalue weighted by Gasteiger charge is -2.06. The van der Waals surface area contributed by atoms with Crippen molar-refractivity contribution >= 4 is 11.9 Å². The Morgan fingerprint density at radius 3 is 2.75 bits per heavy atom. The van der Waals surface area contributed by atoms with Crippen molar-refractivity contribution in [3.05, 3.63) is 0 Å². The average molecular weight is 135 g/mol. The van der Waals surface area contributed by atoms with E-state index in [1.54, 1.807) is 19.1 Å². The van der Waals surface area contributed by atoms with Gasteiger partial charge in [0, 0.05) is 12.4 Å². The van der Waals surface area contributed by atoms with Gasteiger partial charge in [-0.05, 0) is 14.0 Å². The van der Waals surface area contributed by atoms with Gasteiger partial charge in [0.1, 0.15) is 0 Å². The molecule has 0 aliphatic rings. The summed E-state index contributed by atoms with van der Waals surface area (Å²) in [4.78, 5) is 0. The Morgan fingerprint density at radius 1 is 1.75 bits per heavy atom. The SMILES string of the molecule is CNSC(C)COC. The molecule has 3 heteroatoms. The zero-order chi connectivity index (χ0) is 6.41. The second kappa shape index (κ2) is 5.41. The molecule has 0 spiro atoms. The van der Waals surface area contributed by atoms with Crippen LogP contribution < -0.4 is 4.72 Å². The Kier molecular flexibility index (Phi) is 5.59. The summed E-state index contributed by atoms with van der Waals surface area (Å²) in [6.07, 6.45) is 0. The van der Waals surface area contributed by atoms with Crippen LogP contribution in [-0.2, 0) is 4.74 Å². The first-order valence-corrected chi connectivity index (χ1v) is 3.50. The minimum atomic E-state index is 0.546. The minimum absolute atomic E-state index is 0.546. The molecule has 0 amide bonds. The van der Waals surface area contributed by atoms with Crippen molar-refractivity contribution in [2.45, 2.75) is 12.2 Å². The Morgan fingerprint density at radius 2 is 2.38 bits per heavy atom. The van der Waals surface area contributed by atoms with Gasteiger partial charge in [0.25, 0.3) is 0 Å². The van der Waals surface area contributed by atoms with Crippen molar-refractivity contribution in [2.75, 3.05) is 20.8 Å². The summed E-state index contributed by atoms with van der Waals surface area (Å²) in [5.74, 6) is 0. The molecule has 0 radical (unpaired) electrons. The molecule has 0 aromatic carbocycles. The molecule has 0 bridgehead atoms. The van der Waals surface area contributed by atoms with Crippen molar-refractivity contribution in [2.24, 2.45) is 0 Å². The molecule has 0 aliphatic carbocycles. The zero-order valence-electron chi connectivity index (χ0n) is 5.60. The number of methoxy groups -OCH3 is 1. The van der Waals surface area contributed by atoms with E-state index in [9.17, 15) is 0 Å². The van der Waals surface area contributed by atoms with Crippen LogP contribution in [0.5, 0.6) is 0 Å². The lowest BCUT2D eigenvalue weighted by molar-refractivity contribution is 0.203. The molecule has 0 rings (SSSR count). The topological polar surface area (TPSA) is 21.3 Å². The predicted octanol–water partition coefficient (Wildman–Crippen LogP) is 0.889. The molecule has 0 aromatic rings. The molecule has 1 N–H and O–H groups in total. The van der Waals surface area contributed by atoms with E-state index in [-0.39, 0.29) is 0 Å². The van der Waals surface area contributed by atoms with Crippen LogP contribution in [0.1, 0.15) is 6.92 Å². The fraction of sp³-hybridized carbons (Fsp3) is 1.00. The predicted molar refractivity (Wildman–Crippen MR) is 38.0 cm³/mol. The second-order valence-electron chi connectivity index (χ2n) is 1.59. The average Bonchev–Trinajstić information content (AvgIpc) is 1.68. The summed E-state index contributed by atoms with van der Waals surface area (Å²) >= 11 is 1.68. The second-order valence-corrected chi connectivity index (χ2v) is 3.04. The van der Waals surface area contributed by atoms with Crippen molar-refractivity contribution in [3.8, 4) is 0 Å². The standard InChI is InChI=1S/C5H13NOS/c1-5(4-7-3)8-6-2/h5-6H,4H2,1-3H3. The Hall–Kier alpha value is 0.270. The van der Waals surface area contributed by atoms with Gasteiger partial charge >= 0.3 is 0 Å². The molecule has 2 nitrogen and oxygen atoms in total. The van der Waals surface area contributed by atoms with E-state index in [0.29, 0.717) is 5.25 Å². The van der Waals surface area contributed by atoms with E-state index in [1.807, 2.05) is 7.05 Å². The molecular formula is C5H13NOS. The molecule has 1 atom stereocenters. The quantitative estimate of drug-likeness (QED) is 0.578. The molecule has 0 aliphatic heterocycles. The van der Waals surface area contributed by atoms with Crippen LogP contribution >= 0.6 is 11.9 Å². The van der Waals surface area contributed by atoms with Crippen LogP contribution in [0.25, 0.3) is 0 Å². The van der Waals surface area contributed by atoms with Crippen LogP contribution in [0.2, 0.25) is 0 Å². The van der Waals surface area contributed by atoms with E-state index in [4.69, 9.17) is 4.74 Å². The maximum absolute atomic E-state index is 4.90. The van der Waals surface area contributed by atoms with Gasteiger partial charge in [0.2, 0.25) is 0 Å². The zero-order valence-corrected chi connectivity index (χ0v) is 6.42. The number of hydrogen-bond acceptors (Lipinski definition) is 3. The van der Waals surface area contributed by atoms with Crippen LogP contribution in [0.15, 0.2) is 0 Å². The Balaban J connectivity index is 2.92. The molecule has 0 fully saturated rings. The first-order valence-electron chi connectivity index (χ1n) is 2.62. The molecular weight excluding hydrogens is 122 g/mol. The van der Waals surface area contributed by atoms with E-state index >= 15 is 0 Å². The van der Waals surface area contributed by atoms with E-state index in [2.05, 4.69) is 11.6 Å². The Labute approximate surface area is 55.1 Å². The smallest absolute Gasteiger partial charge is 0.0591 e. The van der Waals surface area contributed by atoms with Gasteiger partial charge in [-0.2, -0.15) is 0 Å². The molecule has 0 saturated heterocycles. The number of ether oxygens (including phenoxy) is 1. The minimum Gasteiger partial charge on any atom is -0.384 e. The molecule has 50 valence electrons. The largest absolute Gasteiger partial charge is 0.384 e. The molecule has 1 unspecified atom stereocenters. The summed E-state index contributed by atoms with van der Waals surface area (Å²) in [7, 11) is 3.63.